The smallest absolute Gasteiger partial charge is 0.143 e. The molecule has 0 radical (unpaired) electrons. The molecule has 0 N–H and O–H groups in total. The highest BCUT2D eigenvalue weighted by Gasteiger charge is 2.31. The maximum absolute atomic E-state index is 6.83. The van der Waals surface area contributed by atoms with E-state index < -0.39 is 0 Å². The van der Waals surface area contributed by atoms with Crippen LogP contribution in [0.5, 0.6) is 0 Å². The fourth-order valence-electron chi connectivity index (χ4n) is 4.86. The molecule has 30 heavy (non-hydrogen) atoms. The second kappa shape index (κ2) is 8.01. The van der Waals surface area contributed by atoms with Crippen LogP contribution >= 0.6 is 0 Å². The predicted octanol–water partition coefficient (Wildman–Crippen LogP) is 4.92. The average molecular weight is 402 g/mol. The van der Waals surface area contributed by atoms with Gasteiger partial charge in [-0.15, -0.1) is 0 Å². The number of ether oxygens (including phenoxy) is 1. The van der Waals surface area contributed by atoms with Crippen LogP contribution in [0.3, 0.4) is 0 Å². The number of imidazole rings is 1. The van der Waals surface area contributed by atoms with Crippen LogP contribution in [0.2, 0.25) is 0 Å². The molecule has 2 aliphatic heterocycles. The van der Waals surface area contributed by atoms with Gasteiger partial charge in [-0.2, -0.15) is 0 Å². The minimum atomic E-state index is -0.102. The van der Waals surface area contributed by atoms with Crippen molar-refractivity contribution in [1.29, 1.82) is 0 Å². The van der Waals surface area contributed by atoms with Crippen molar-refractivity contribution in [1.82, 2.24) is 14.5 Å². The van der Waals surface area contributed by atoms with Crippen LogP contribution in [-0.2, 0) is 17.7 Å². The van der Waals surface area contributed by atoms with E-state index in [1.54, 1.807) is 0 Å². The number of hydrogen-bond acceptors (Lipinski definition) is 3. The number of piperidine rings is 1. The van der Waals surface area contributed by atoms with E-state index in [4.69, 9.17) is 9.72 Å². The minimum Gasteiger partial charge on any atom is -0.362 e. The molecule has 3 aromatic rings. The van der Waals surface area contributed by atoms with Gasteiger partial charge in [0.05, 0.1) is 11.8 Å². The van der Waals surface area contributed by atoms with Crippen molar-refractivity contribution in [2.75, 3.05) is 20.1 Å². The van der Waals surface area contributed by atoms with Crippen LogP contribution in [-0.4, -0.2) is 40.7 Å². The van der Waals surface area contributed by atoms with Gasteiger partial charge in [-0.3, -0.25) is 0 Å². The molecule has 4 heteroatoms. The summed E-state index contributed by atoms with van der Waals surface area (Å²) in [5, 5.41) is 0. The molecule has 1 aromatic heterocycles. The van der Waals surface area contributed by atoms with Gasteiger partial charge in [-0.25, -0.2) is 4.98 Å². The Morgan fingerprint density at radius 1 is 0.933 bits per heavy atom. The first-order valence-electron chi connectivity index (χ1n) is 11.2. The number of hydrogen-bond donors (Lipinski definition) is 0. The van der Waals surface area contributed by atoms with Gasteiger partial charge < -0.3 is 14.2 Å². The molecule has 1 saturated heterocycles. The highest BCUT2D eigenvalue weighted by atomic mass is 16.5. The third kappa shape index (κ3) is 3.59. The van der Waals surface area contributed by atoms with E-state index in [1.807, 2.05) is 0 Å². The van der Waals surface area contributed by atoms with E-state index in [0.29, 0.717) is 0 Å². The summed E-state index contributed by atoms with van der Waals surface area (Å²) < 4.78 is 9.22. The molecule has 0 saturated carbocycles. The Bertz CT molecular complexity index is 1030. The average Bonchev–Trinajstić information content (AvgIpc) is 3.00. The van der Waals surface area contributed by atoms with Gasteiger partial charge in [0.15, 0.2) is 0 Å². The number of benzene rings is 2. The third-order valence-corrected chi connectivity index (χ3v) is 6.75. The van der Waals surface area contributed by atoms with Crippen molar-refractivity contribution in [3.63, 3.8) is 0 Å². The minimum absolute atomic E-state index is 0.102. The van der Waals surface area contributed by atoms with Crippen molar-refractivity contribution >= 4 is 0 Å². The first-order valence-corrected chi connectivity index (χ1v) is 11.2. The lowest BCUT2D eigenvalue weighted by Crippen LogP contribution is -2.35. The van der Waals surface area contributed by atoms with E-state index in [0.717, 1.165) is 50.4 Å². The zero-order valence-electron chi connectivity index (χ0n) is 18.3. The van der Waals surface area contributed by atoms with Crippen LogP contribution in [0.1, 0.15) is 47.2 Å². The first-order chi connectivity index (χ1) is 14.6. The summed E-state index contributed by atoms with van der Waals surface area (Å²) >= 11 is 0. The van der Waals surface area contributed by atoms with Crippen LogP contribution in [0.15, 0.2) is 48.5 Å². The molecular weight excluding hydrogens is 370 g/mol. The maximum Gasteiger partial charge on any atom is 0.143 e. The van der Waals surface area contributed by atoms with Gasteiger partial charge in [-0.05, 0) is 51.3 Å². The zero-order valence-corrected chi connectivity index (χ0v) is 18.3. The number of aryl methyl sites for hydroxylation is 2. The monoisotopic (exact) mass is 401 g/mol. The molecule has 0 amide bonds. The van der Waals surface area contributed by atoms with Crippen molar-refractivity contribution in [3.05, 3.63) is 76.7 Å². The van der Waals surface area contributed by atoms with Gasteiger partial charge in [0.25, 0.3) is 0 Å². The fraction of sp³-hybridized carbons (Fsp3) is 0.423. The molecule has 2 aromatic carbocycles. The molecule has 2 aliphatic rings. The molecule has 3 heterocycles. The zero-order chi connectivity index (χ0) is 20.7. The first kappa shape index (κ1) is 19.5. The number of rotatable bonds is 3. The predicted molar refractivity (Wildman–Crippen MR) is 121 cm³/mol. The SMILES string of the molecule is Cc1ccc(-c2nc3n(c2C)CCc2ccccc2C3OC2CCN(C)CC2)cc1. The molecule has 4 nitrogen and oxygen atoms in total. The maximum atomic E-state index is 6.83. The second-order valence-electron chi connectivity index (χ2n) is 8.89. The summed E-state index contributed by atoms with van der Waals surface area (Å²) in [6, 6.07) is 17.5. The van der Waals surface area contributed by atoms with Crippen LogP contribution < -0.4 is 0 Å². The van der Waals surface area contributed by atoms with Crippen molar-refractivity contribution in [3.8, 4) is 11.3 Å². The molecule has 156 valence electrons. The van der Waals surface area contributed by atoms with E-state index >= 15 is 0 Å². The highest BCUT2D eigenvalue weighted by molar-refractivity contribution is 5.63. The van der Waals surface area contributed by atoms with Crippen molar-refractivity contribution in [2.24, 2.45) is 0 Å². The lowest BCUT2D eigenvalue weighted by Gasteiger charge is -2.32. The Morgan fingerprint density at radius 3 is 2.43 bits per heavy atom. The van der Waals surface area contributed by atoms with Crippen molar-refractivity contribution < 1.29 is 4.74 Å². The molecule has 0 spiro atoms. The normalized spacial score (nSPS) is 19.9. The lowest BCUT2D eigenvalue weighted by atomic mass is 9.99. The molecule has 5 rings (SSSR count). The van der Waals surface area contributed by atoms with Crippen LogP contribution in [0.25, 0.3) is 11.3 Å². The molecule has 1 atom stereocenters. The summed E-state index contributed by atoms with van der Waals surface area (Å²) in [6.07, 6.45) is 3.36. The van der Waals surface area contributed by atoms with Gasteiger partial charge in [-0.1, -0.05) is 54.1 Å². The number of likely N-dealkylation sites (tertiary alicyclic amines) is 1. The molecule has 1 fully saturated rings. The van der Waals surface area contributed by atoms with E-state index in [1.165, 1.54) is 27.9 Å². The summed E-state index contributed by atoms with van der Waals surface area (Å²) in [4.78, 5) is 7.59. The highest BCUT2D eigenvalue weighted by Crippen LogP contribution is 2.37. The molecule has 0 bridgehead atoms. The third-order valence-electron chi connectivity index (χ3n) is 6.75. The fourth-order valence-corrected chi connectivity index (χ4v) is 4.86. The quantitative estimate of drug-likeness (QED) is 0.624. The molecule has 0 aliphatic carbocycles. The van der Waals surface area contributed by atoms with Crippen molar-refractivity contribution in [2.45, 2.75) is 51.9 Å². The Hall–Kier alpha value is -2.43. The molecule has 1 unspecified atom stereocenters. The molecular formula is C26H31N3O. The second-order valence-corrected chi connectivity index (χ2v) is 8.89. The van der Waals surface area contributed by atoms with Crippen LogP contribution in [0, 0.1) is 13.8 Å². The largest absolute Gasteiger partial charge is 0.362 e. The number of aromatic nitrogens is 2. The standard InChI is InChI=1S/C26H31N3O/c1-18-8-10-21(11-9-18)24-19(2)29-17-12-20-6-4-5-7-23(20)25(26(29)27-24)30-22-13-15-28(3)16-14-22/h4-11,22,25H,12-17H2,1-3H3. The topological polar surface area (TPSA) is 30.3 Å². The Morgan fingerprint density at radius 2 is 1.67 bits per heavy atom. The van der Waals surface area contributed by atoms with E-state index in [9.17, 15) is 0 Å². The van der Waals surface area contributed by atoms with Gasteiger partial charge in [0.1, 0.15) is 11.9 Å². The van der Waals surface area contributed by atoms with E-state index in [2.05, 4.69) is 78.9 Å². The Kier molecular flexibility index (Phi) is 5.21. The number of nitrogens with zero attached hydrogens (tertiary/aromatic N) is 3. The van der Waals surface area contributed by atoms with Gasteiger partial charge >= 0.3 is 0 Å². The van der Waals surface area contributed by atoms with E-state index in [-0.39, 0.29) is 12.2 Å². The van der Waals surface area contributed by atoms with Crippen LogP contribution in [0.4, 0.5) is 0 Å². The number of fused-ring (bicyclic) bond motifs is 2. The summed E-state index contributed by atoms with van der Waals surface area (Å²) in [5.74, 6) is 1.06. The van der Waals surface area contributed by atoms with Gasteiger partial charge in [0, 0.05) is 30.9 Å². The Labute approximate surface area is 179 Å². The summed E-state index contributed by atoms with van der Waals surface area (Å²) in [6.45, 7) is 7.47. The summed E-state index contributed by atoms with van der Waals surface area (Å²) in [5.41, 5.74) is 7.45. The lowest BCUT2D eigenvalue weighted by molar-refractivity contribution is -0.0276. The summed E-state index contributed by atoms with van der Waals surface area (Å²) in [7, 11) is 2.20. The Balaban J connectivity index is 1.57. The van der Waals surface area contributed by atoms with Gasteiger partial charge in [0.2, 0.25) is 0 Å².